The van der Waals surface area contributed by atoms with E-state index in [1.807, 2.05) is 0 Å². The van der Waals surface area contributed by atoms with E-state index < -0.39 is 18.5 Å². The third kappa shape index (κ3) is 1.56. The maximum absolute atomic E-state index is 9.51. The van der Waals surface area contributed by atoms with Gasteiger partial charge in [0.25, 0.3) is 0 Å². The summed E-state index contributed by atoms with van der Waals surface area (Å²) in [5.41, 5.74) is -0.374. The molecule has 0 aliphatic heterocycles. The van der Waals surface area contributed by atoms with Crippen molar-refractivity contribution in [2.45, 2.75) is 50.6 Å². The van der Waals surface area contributed by atoms with Gasteiger partial charge in [-0.3, -0.25) is 0 Å². The van der Waals surface area contributed by atoms with Gasteiger partial charge in [0.2, 0.25) is 0 Å². The summed E-state index contributed by atoms with van der Waals surface area (Å²) in [6.07, 6.45) is 0.934. The van der Waals surface area contributed by atoms with Gasteiger partial charge in [-0.1, -0.05) is 0 Å². The van der Waals surface area contributed by atoms with E-state index in [4.69, 9.17) is 0 Å². The lowest BCUT2D eigenvalue weighted by Crippen LogP contribution is -2.40. The number of aliphatic hydroxyl groups excluding tert-OH is 3. The molecule has 3 atom stereocenters. The van der Waals surface area contributed by atoms with Crippen LogP contribution in [0.25, 0.3) is 0 Å². The Morgan fingerprint density at radius 3 is 2.07 bits per heavy atom. The molecule has 3 unspecified atom stereocenters. The second-order valence-corrected chi connectivity index (χ2v) is 4.75. The third-order valence-electron chi connectivity index (χ3n) is 3.94. The standard InChI is InChI=1S/C10H18O4/c11-7-2-1-6(5-8(7)12)10(3-4-10)9(13)14/h6-9,11-14H,1-5H2. The van der Waals surface area contributed by atoms with Crippen LogP contribution in [0.2, 0.25) is 0 Å². The van der Waals surface area contributed by atoms with Crippen LogP contribution in [0.4, 0.5) is 0 Å². The quantitative estimate of drug-likeness (QED) is 0.459. The Hall–Kier alpha value is -0.160. The van der Waals surface area contributed by atoms with Crippen molar-refractivity contribution in [2.75, 3.05) is 0 Å². The van der Waals surface area contributed by atoms with E-state index in [9.17, 15) is 20.4 Å². The highest BCUT2D eigenvalue weighted by Crippen LogP contribution is 2.58. The van der Waals surface area contributed by atoms with E-state index in [0.29, 0.717) is 12.8 Å². The monoisotopic (exact) mass is 202 g/mol. The molecule has 2 fully saturated rings. The molecular formula is C10H18O4. The van der Waals surface area contributed by atoms with Crippen LogP contribution in [-0.4, -0.2) is 38.9 Å². The lowest BCUT2D eigenvalue weighted by molar-refractivity contribution is -0.133. The highest BCUT2D eigenvalue weighted by molar-refractivity contribution is 5.02. The lowest BCUT2D eigenvalue weighted by atomic mass is 9.75. The summed E-state index contributed by atoms with van der Waals surface area (Å²) in [5, 5.41) is 37.4. The maximum atomic E-state index is 9.51. The molecule has 0 spiro atoms. The van der Waals surface area contributed by atoms with E-state index in [1.54, 1.807) is 0 Å². The topological polar surface area (TPSA) is 80.9 Å². The first kappa shape index (κ1) is 10.4. The van der Waals surface area contributed by atoms with Crippen molar-refractivity contribution in [1.29, 1.82) is 0 Å². The normalized spacial score (nSPS) is 41.4. The molecule has 2 aliphatic carbocycles. The fourth-order valence-corrected chi connectivity index (χ4v) is 2.67. The lowest BCUT2D eigenvalue weighted by Gasteiger charge is -2.36. The number of hydrogen-bond acceptors (Lipinski definition) is 4. The third-order valence-corrected chi connectivity index (χ3v) is 3.94. The van der Waals surface area contributed by atoms with Gasteiger partial charge in [-0.25, -0.2) is 0 Å². The van der Waals surface area contributed by atoms with E-state index in [1.165, 1.54) is 0 Å². The molecule has 0 saturated heterocycles. The Morgan fingerprint density at radius 2 is 1.64 bits per heavy atom. The van der Waals surface area contributed by atoms with Crippen molar-refractivity contribution in [1.82, 2.24) is 0 Å². The van der Waals surface area contributed by atoms with Gasteiger partial charge >= 0.3 is 0 Å². The first-order valence-electron chi connectivity index (χ1n) is 5.28. The highest BCUT2D eigenvalue weighted by Gasteiger charge is 2.55. The molecular weight excluding hydrogens is 184 g/mol. The van der Waals surface area contributed by atoms with E-state index in [0.717, 1.165) is 19.3 Å². The van der Waals surface area contributed by atoms with Gasteiger partial charge in [-0.15, -0.1) is 0 Å². The second kappa shape index (κ2) is 3.45. The number of hydrogen-bond donors (Lipinski definition) is 4. The van der Waals surface area contributed by atoms with Crippen LogP contribution in [0.1, 0.15) is 32.1 Å². The first-order chi connectivity index (χ1) is 6.56. The van der Waals surface area contributed by atoms with Gasteiger partial charge in [0.1, 0.15) is 0 Å². The van der Waals surface area contributed by atoms with Crippen LogP contribution in [0, 0.1) is 11.3 Å². The molecule has 4 N–H and O–H groups in total. The van der Waals surface area contributed by atoms with Crippen LogP contribution in [0.3, 0.4) is 0 Å². The molecule has 0 heterocycles. The van der Waals surface area contributed by atoms with Crippen molar-refractivity contribution in [2.24, 2.45) is 11.3 Å². The van der Waals surface area contributed by atoms with Gasteiger partial charge in [-0.05, 0) is 38.0 Å². The molecule has 2 rings (SSSR count). The fourth-order valence-electron chi connectivity index (χ4n) is 2.67. The average Bonchev–Trinajstić information content (AvgIpc) is 2.90. The SMILES string of the molecule is OC1CCC(C2(C(O)O)CC2)CC1O. The summed E-state index contributed by atoms with van der Waals surface area (Å²) < 4.78 is 0. The molecule has 0 radical (unpaired) electrons. The van der Waals surface area contributed by atoms with Crippen molar-refractivity contribution >= 4 is 0 Å². The molecule has 0 aromatic rings. The van der Waals surface area contributed by atoms with Gasteiger partial charge < -0.3 is 20.4 Å². The van der Waals surface area contributed by atoms with Gasteiger partial charge in [0.15, 0.2) is 6.29 Å². The smallest absolute Gasteiger partial charge is 0.157 e. The summed E-state index contributed by atoms with van der Waals surface area (Å²) in [7, 11) is 0. The highest BCUT2D eigenvalue weighted by atomic mass is 16.5. The Morgan fingerprint density at radius 1 is 1.00 bits per heavy atom. The molecule has 2 aliphatic rings. The molecule has 14 heavy (non-hydrogen) atoms. The summed E-state index contributed by atoms with van der Waals surface area (Å²) in [5.74, 6) is 0.154. The molecule has 0 bridgehead atoms. The number of aliphatic hydroxyl groups is 4. The molecule has 82 valence electrons. The molecule has 0 amide bonds. The minimum atomic E-state index is -1.27. The first-order valence-corrected chi connectivity index (χ1v) is 5.28. The number of rotatable bonds is 2. The van der Waals surface area contributed by atoms with Crippen LogP contribution < -0.4 is 0 Å². The van der Waals surface area contributed by atoms with Crippen LogP contribution in [0.5, 0.6) is 0 Å². The Bertz CT molecular complexity index is 212. The zero-order valence-electron chi connectivity index (χ0n) is 8.13. The Balaban J connectivity index is 2.00. The van der Waals surface area contributed by atoms with Crippen molar-refractivity contribution in [3.05, 3.63) is 0 Å². The zero-order valence-corrected chi connectivity index (χ0v) is 8.13. The zero-order chi connectivity index (χ0) is 10.3. The van der Waals surface area contributed by atoms with Crippen LogP contribution in [0.15, 0.2) is 0 Å². The predicted molar refractivity (Wildman–Crippen MR) is 49.2 cm³/mol. The summed E-state index contributed by atoms with van der Waals surface area (Å²) in [4.78, 5) is 0. The molecule has 0 aromatic carbocycles. The summed E-state index contributed by atoms with van der Waals surface area (Å²) in [6, 6.07) is 0. The Labute approximate surface area is 83.2 Å². The van der Waals surface area contributed by atoms with E-state index in [-0.39, 0.29) is 11.3 Å². The van der Waals surface area contributed by atoms with E-state index in [2.05, 4.69) is 0 Å². The van der Waals surface area contributed by atoms with Gasteiger partial charge in [0, 0.05) is 5.41 Å². The predicted octanol–water partition coefficient (Wildman–Crippen LogP) is -0.401. The fraction of sp³-hybridized carbons (Fsp3) is 1.00. The molecule has 0 aromatic heterocycles. The second-order valence-electron chi connectivity index (χ2n) is 4.75. The van der Waals surface area contributed by atoms with Crippen LogP contribution in [-0.2, 0) is 0 Å². The summed E-state index contributed by atoms with van der Waals surface area (Å²) >= 11 is 0. The van der Waals surface area contributed by atoms with Crippen molar-refractivity contribution < 1.29 is 20.4 Å². The van der Waals surface area contributed by atoms with E-state index >= 15 is 0 Å². The maximum Gasteiger partial charge on any atom is 0.157 e. The molecule has 2 saturated carbocycles. The van der Waals surface area contributed by atoms with Gasteiger partial charge in [0.05, 0.1) is 12.2 Å². The largest absolute Gasteiger partial charge is 0.390 e. The minimum Gasteiger partial charge on any atom is -0.390 e. The average molecular weight is 202 g/mol. The van der Waals surface area contributed by atoms with Crippen molar-refractivity contribution in [3.8, 4) is 0 Å². The Kier molecular flexibility index (Phi) is 2.55. The van der Waals surface area contributed by atoms with Crippen LogP contribution >= 0.6 is 0 Å². The van der Waals surface area contributed by atoms with Gasteiger partial charge in [-0.2, -0.15) is 0 Å². The van der Waals surface area contributed by atoms with Crippen molar-refractivity contribution in [3.63, 3.8) is 0 Å². The molecule has 4 heteroatoms. The molecule has 4 nitrogen and oxygen atoms in total. The summed E-state index contributed by atoms with van der Waals surface area (Å²) in [6.45, 7) is 0. The minimum absolute atomic E-state index is 0.154.